The molecule has 3 aromatic rings. The van der Waals surface area contributed by atoms with E-state index in [0.29, 0.717) is 0 Å². The Labute approximate surface area is 170 Å². The second kappa shape index (κ2) is 7.48. The molecule has 152 valence electrons. The molecule has 0 radical (unpaired) electrons. The predicted molar refractivity (Wildman–Crippen MR) is 113 cm³/mol. The minimum Gasteiger partial charge on any atom is -0.497 e. The van der Waals surface area contributed by atoms with Crippen molar-refractivity contribution >= 4 is 11.9 Å². The number of methoxy groups -OCH3 is 1. The third kappa shape index (κ3) is 3.06. The number of ether oxygens (including phenoxy) is 1. The molecule has 0 bridgehead atoms. The Bertz CT molecular complexity index is 1100. The summed E-state index contributed by atoms with van der Waals surface area (Å²) in [6.45, 7) is 6.14. The van der Waals surface area contributed by atoms with Crippen molar-refractivity contribution in [2.24, 2.45) is 10.9 Å². The number of aromatic nitrogens is 3. The number of benzene rings is 1. The second-order valence-electron chi connectivity index (χ2n) is 7.66. The highest BCUT2D eigenvalue weighted by molar-refractivity contribution is 5.83. The Hall–Kier alpha value is -2.93. The van der Waals surface area contributed by atoms with Gasteiger partial charge in [-0.15, -0.1) is 5.16 Å². The normalized spacial score (nSPS) is 17.2. The lowest BCUT2D eigenvalue weighted by molar-refractivity contribution is 0.319. The highest BCUT2D eigenvalue weighted by Gasteiger charge is 2.31. The molecular weight excluding hydrogens is 366 g/mol. The first-order chi connectivity index (χ1) is 14.0. The van der Waals surface area contributed by atoms with Gasteiger partial charge in [0, 0.05) is 17.5 Å². The summed E-state index contributed by atoms with van der Waals surface area (Å²) < 4.78 is 7.29. The molecule has 7 heteroatoms. The third-order valence-electron chi connectivity index (χ3n) is 5.91. The van der Waals surface area contributed by atoms with E-state index < -0.39 is 0 Å². The number of nitrogens with two attached hydrogens (primary N) is 1. The average Bonchev–Trinajstić information content (AvgIpc) is 3.24. The van der Waals surface area contributed by atoms with Crippen LogP contribution in [-0.4, -0.2) is 33.1 Å². The Morgan fingerprint density at radius 2 is 2.21 bits per heavy atom. The number of oxime groups is 1. The minimum absolute atomic E-state index is 0.0614. The molecular formula is C22H27N5O2. The van der Waals surface area contributed by atoms with Gasteiger partial charge in [-0.3, -0.25) is 0 Å². The highest BCUT2D eigenvalue weighted by atomic mass is 16.5. The lowest BCUT2D eigenvalue weighted by Gasteiger charge is -2.17. The fraction of sp³-hybridized carbons (Fsp3) is 0.409. The predicted octanol–water partition coefficient (Wildman–Crippen LogP) is 3.92. The van der Waals surface area contributed by atoms with E-state index in [1.807, 2.05) is 23.6 Å². The van der Waals surface area contributed by atoms with Crippen LogP contribution in [0, 0.1) is 13.8 Å². The van der Waals surface area contributed by atoms with E-state index >= 15 is 0 Å². The molecule has 0 aliphatic heterocycles. The standard InChI is InChI=1S/C22H27N5O2/c1-5-14(11-24-28)21-17-8-9-18(23)20(17)25-22-19(13(3)26-27(21)22)16-7-6-15(29-4)10-12(16)2/h6-7,10-11,14,18,28H,5,8-9,23H2,1-4H3/t14-,18?/m1/s1. The van der Waals surface area contributed by atoms with Crippen LogP contribution in [0.3, 0.4) is 0 Å². The highest BCUT2D eigenvalue weighted by Crippen LogP contribution is 2.39. The van der Waals surface area contributed by atoms with Crippen molar-refractivity contribution in [1.29, 1.82) is 0 Å². The molecule has 3 N–H and O–H groups in total. The van der Waals surface area contributed by atoms with E-state index in [9.17, 15) is 5.21 Å². The van der Waals surface area contributed by atoms with Crippen LogP contribution in [0.15, 0.2) is 23.4 Å². The molecule has 0 fully saturated rings. The Morgan fingerprint density at radius 3 is 2.86 bits per heavy atom. The van der Waals surface area contributed by atoms with E-state index in [1.54, 1.807) is 13.3 Å². The molecule has 1 aliphatic carbocycles. The molecule has 1 aromatic carbocycles. The van der Waals surface area contributed by atoms with Crippen molar-refractivity contribution in [1.82, 2.24) is 14.6 Å². The van der Waals surface area contributed by atoms with Gasteiger partial charge in [0.15, 0.2) is 5.65 Å². The Morgan fingerprint density at radius 1 is 1.41 bits per heavy atom. The maximum Gasteiger partial charge on any atom is 0.163 e. The molecule has 0 spiro atoms. The fourth-order valence-electron chi connectivity index (χ4n) is 4.42. The zero-order valence-electron chi connectivity index (χ0n) is 17.3. The van der Waals surface area contributed by atoms with Gasteiger partial charge >= 0.3 is 0 Å². The SMILES string of the molecule is CC[C@H](C=NO)c1c2c(nc3c(-c4ccc(OC)cc4C)c(C)nn13)C(N)CC2. The lowest BCUT2D eigenvalue weighted by atomic mass is 9.97. The van der Waals surface area contributed by atoms with Gasteiger partial charge in [-0.05, 0) is 61.9 Å². The summed E-state index contributed by atoms with van der Waals surface area (Å²) in [6.07, 6.45) is 4.10. The summed E-state index contributed by atoms with van der Waals surface area (Å²) in [7, 11) is 1.67. The van der Waals surface area contributed by atoms with Crippen LogP contribution in [0.2, 0.25) is 0 Å². The van der Waals surface area contributed by atoms with Crippen molar-refractivity contribution in [2.45, 2.75) is 52.0 Å². The number of nitrogens with zero attached hydrogens (tertiary/aromatic N) is 4. The van der Waals surface area contributed by atoms with E-state index in [1.165, 1.54) is 0 Å². The van der Waals surface area contributed by atoms with Gasteiger partial charge < -0.3 is 15.7 Å². The van der Waals surface area contributed by atoms with Crippen LogP contribution < -0.4 is 10.5 Å². The Kier molecular flexibility index (Phi) is 5.00. The molecule has 7 nitrogen and oxygen atoms in total. The number of rotatable bonds is 5. The van der Waals surface area contributed by atoms with Crippen LogP contribution in [0.4, 0.5) is 0 Å². The van der Waals surface area contributed by atoms with Gasteiger partial charge in [0.25, 0.3) is 0 Å². The molecule has 29 heavy (non-hydrogen) atoms. The van der Waals surface area contributed by atoms with Crippen LogP contribution >= 0.6 is 0 Å². The van der Waals surface area contributed by atoms with Gasteiger partial charge in [-0.25, -0.2) is 9.50 Å². The van der Waals surface area contributed by atoms with Gasteiger partial charge in [0.1, 0.15) is 5.75 Å². The lowest BCUT2D eigenvalue weighted by Crippen LogP contribution is -2.15. The summed E-state index contributed by atoms with van der Waals surface area (Å²) in [5.41, 5.74) is 14.4. The molecule has 1 unspecified atom stereocenters. The van der Waals surface area contributed by atoms with Gasteiger partial charge in [0.05, 0.1) is 30.4 Å². The fourth-order valence-corrected chi connectivity index (χ4v) is 4.42. The average molecular weight is 393 g/mol. The summed E-state index contributed by atoms with van der Waals surface area (Å²) in [5, 5.41) is 17.4. The van der Waals surface area contributed by atoms with Crippen molar-refractivity contribution in [3.63, 3.8) is 0 Å². The van der Waals surface area contributed by atoms with E-state index in [-0.39, 0.29) is 12.0 Å². The number of hydrogen-bond donors (Lipinski definition) is 2. The van der Waals surface area contributed by atoms with E-state index in [0.717, 1.165) is 70.0 Å². The molecule has 1 aliphatic rings. The molecule has 4 rings (SSSR count). The summed E-state index contributed by atoms with van der Waals surface area (Å²) in [5.74, 6) is 0.760. The molecule has 2 heterocycles. The number of hydrogen-bond acceptors (Lipinski definition) is 6. The van der Waals surface area contributed by atoms with Gasteiger partial charge in [-0.2, -0.15) is 5.10 Å². The Balaban J connectivity index is 2.05. The maximum atomic E-state index is 9.21. The zero-order valence-corrected chi connectivity index (χ0v) is 17.3. The van der Waals surface area contributed by atoms with Gasteiger partial charge in [-0.1, -0.05) is 13.0 Å². The van der Waals surface area contributed by atoms with Crippen molar-refractivity contribution < 1.29 is 9.94 Å². The number of fused-ring (bicyclic) bond motifs is 2. The second-order valence-corrected chi connectivity index (χ2v) is 7.66. The maximum absolute atomic E-state index is 9.21. The molecule has 0 saturated carbocycles. The van der Waals surface area contributed by atoms with Crippen LogP contribution in [0.25, 0.3) is 16.8 Å². The molecule has 2 atom stereocenters. The topological polar surface area (TPSA) is 98.0 Å². The van der Waals surface area contributed by atoms with Crippen molar-refractivity contribution in [2.75, 3.05) is 7.11 Å². The summed E-state index contributed by atoms with van der Waals surface area (Å²) in [4.78, 5) is 4.99. The van der Waals surface area contributed by atoms with Crippen molar-refractivity contribution in [3.8, 4) is 16.9 Å². The minimum atomic E-state index is -0.0858. The van der Waals surface area contributed by atoms with Gasteiger partial charge in [0.2, 0.25) is 0 Å². The first-order valence-electron chi connectivity index (χ1n) is 10.00. The van der Waals surface area contributed by atoms with Crippen molar-refractivity contribution in [3.05, 3.63) is 46.4 Å². The van der Waals surface area contributed by atoms with Crippen LogP contribution in [-0.2, 0) is 6.42 Å². The molecule has 2 aromatic heterocycles. The summed E-state index contributed by atoms with van der Waals surface area (Å²) >= 11 is 0. The first kappa shape index (κ1) is 19.4. The first-order valence-corrected chi connectivity index (χ1v) is 10.00. The van der Waals surface area contributed by atoms with E-state index in [4.69, 9.17) is 20.6 Å². The third-order valence-corrected chi connectivity index (χ3v) is 5.91. The molecule has 0 saturated heterocycles. The monoisotopic (exact) mass is 393 g/mol. The smallest absolute Gasteiger partial charge is 0.163 e. The largest absolute Gasteiger partial charge is 0.497 e. The number of aryl methyl sites for hydroxylation is 2. The van der Waals surface area contributed by atoms with E-state index in [2.05, 4.69) is 25.1 Å². The van der Waals surface area contributed by atoms with Crippen LogP contribution in [0.5, 0.6) is 5.75 Å². The zero-order chi connectivity index (χ0) is 20.7. The quantitative estimate of drug-likeness (QED) is 0.389. The summed E-state index contributed by atoms with van der Waals surface area (Å²) in [6, 6.07) is 5.95. The molecule has 0 amide bonds. The van der Waals surface area contributed by atoms with Crippen LogP contribution in [0.1, 0.15) is 59.9 Å².